The Hall–Kier alpha value is -1.13. The number of nitrogens with zero attached hydrogens (tertiary/aromatic N) is 3. The first-order valence-electron chi connectivity index (χ1n) is 12.1. The van der Waals surface area contributed by atoms with E-state index in [0.717, 1.165) is 44.0 Å². The van der Waals surface area contributed by atoms with E-state index in [9.17, 15) is 9.50 Å². The molecule has 2 saturated heterocycles. The molecule has 0 saturated carbocycles. The van der Waals surface area contributed by atoms with Crippen LogP contribution in [0.1, 0.15) is 57.9 Å². The Kier molecular flexibility index (Phi) is 12.0. The van der Waals surface area contributed by atoms with Crippen molar-refractivity contribution in [3.63, 3.8) is 0 Å². The summed E-state index contributed by atoms with van der Waals surface area (Å²) >= 11 is 0. The van der Waals surface area contributed by atoms with Crippen LogP contribution in [0.4, 0.5) is 10.1 Å². The topological polar surface area (TPSA) is 63.1 Å². The molecule has 0 aromatic heterocycles. The van der Waals surface area contributed by atoms with E-state index in [1.807, 2.05) is 17.0 Å². The van der Waals surface area contributed by atoms with Gasteiger partial charge in [-0.3, -0.25) is 0 Å². The highest BCUT2D eigenvalue weighted by molar-refractivity contribution is 14.0. The molecule has 3 rings (SSSR count). The maximum atomic E-state index is 14.7. The first-order valence-corrected chi connectivity index (χ1v) is 12.1. The number of unbranched alkanes of at least 4 members (excludes halogenated alkanes) is 1. The van der Waals surface area contributed by atoms with Crippen LogP contribution in [0.5, 0.6) is 0 Å². The van der Waals surface area contributed by atoms with Gasteiger partial charge in [0.05, 0.1) is 18.3 Å². The third kappa shape index (κ3) is 8.33. The fourth-order valence-corrected chi connectivity index (χ4v) is 4.38. The Morgan fingerprint density at radius 2 is 1.84 bits per heavy atom. The molecule has 0 spiro atoms. The van der Waals surface area contributed by atoms with Crippen molar-refractivity contribution in [3.8, 4) is 0 Å². The summed E-state index contributed by atoms with van der Waals surface area (Å²) in [6.07, 6.45) is 5.91. The van der Waals surface area contributed by atoms with Crippen LogP contribution in [0.15, 0.2) is 23.2 Å². The van der Waals surface area contributed by atoms with E-state index in [1.165, 1.54) is 19.4 Å². The second-order valence-corrected chi connectivity index (χ2v) is 8.81. The molecule has 1 aromatic rings. The Morgan fingerprint density at radius 1 is 1.12 bits per heavy atom. The number of benzene rings is 1. The van der Waals surface area contributed by atoms with Gasteiger partial charge < -0.3 is 25.5 Å². The summed E-state index contributed by atoms with van der Waals surface area (Å²) < 4.78 is 14.7. The van der Waals surface area contributed by atoms with Gasteiger partial charge >= 0.3 is 0 Å². The van der Waals surface area contributed by atoms with Crippen LogP contribution in [-0.4, -0.2) is 67.4 Å². The predicted octanol–water partition coefficient (Wildman–Crippen LogP) is 3.72. The largest absolute Gasteiger partial charge is 0.393 e. The average molecular weight is 562 g/mol. The molecule has 0 unspecified atom stereocenters. The van der Waals surface area contributed by atoms with E-state index >= 15 is 0 Å². The predicted molar refractivity (Wildman–Crippen MR) is 142 cm³/mol. The lowest BCUT2D eigenvalue weighted by Crippen LogP contribution is -2.48. The summed E-state index contributed by atoms with van der Waals surface area (Å²) in [6, 6.07) is 5.84. The van der Waals surface area contributed by atoms with Gasteiger partial charge in [0.25, 0.3) is 0 Å². The number of nitrogens with one attached hydrogen (secondary N) is 2. The van der Waals surface area contributed by atoms with Crippen molar-refractivity contribution < 1.29 is 9.50 Å². The number of aliphatic imine (C=N–C) groups is 1. The Balaban J connectivity index is 0.00000363. The number of hydrogen-bond donors (Lipinski definition) is 3. The average Bonchev–Trinajstić information content (AvgIpc) is 2.78. The molecule has 2 aliphatic heterocycles. The fourth-order valence-electron chi connectivity index (χ4n) is 4.38. The van der Waals surface area contributed by atoms with Crippen molar-refractivity contribution in [2.24, 2.45) is 4.99 Å². The summed E-state index contributed by atoms with van der Waals surface area (Å²) in [7, 11) is 0. The van der Waals surface area contributed by atoms with Crippen molar-refractivity contribution in [1.82, 2.24) is 15.5 Å². The quantitative estimate of drug-likeness (QED) is 0.257. The monoisotopic (exact) mass is 561 g/mol. The van der Waals surface area contributed by atoms with E-state index in [4.69, 9.17) is 4.99 Å². The molecular formula is C24H41FIN5O. The number of aliphatic hydroxyl groups excluding tert-OH is 1. The third-order valence-corrected chi connectivity index (χ3v) is 6.34. The molecule has 0 radical (unpaired) electrons. The first kappa shape index (κ1) is 27.1. The highest BCUT2D eigenvalue weighted by Gasteiger charge is 2.21. The van der Waals surface area contributed by atoms with E-state index in [-0.39, 0.29) is 35.9 Å². The van der Waals surface area contributed by atoms with Crippen LogP contribution in [0.2, 0.25) is 0 Å². The van der Waals surface area contributed by atoms with Crippen LogP contribution in [0, 0.1) is 5.82 Å². The fraction of sp³-hybridized carbons (Fsp3) is 0.708. The second kappa shape index (κ2) is 14.2. The molecule has 0 amide bonds. The Labute approximate surface area is 210 Å². The molecule has 2 heterocycles. The minimum atomic E-state index is -0.256. The molecule has 1 aromatic carbocycles. The van der Waals surface area contributed by atoms with E-state index in [2.05, 4.69) is 29.4 Å². The molecule has 0 atom stereocenters. The van der Waals surface area contributed by atoms with Gasteiger partial charge in [-0.2, -0.15) is 0 Å². The van der Waals surface area contributed by atoms with Gasteiger partial charge in [-0.05, 0) is 63.3 Å². The SMILES string of the molecule is CCCCN1CCC(NC(=NCc2ccc(N3CCC(O)CC3)c(F)c2)NCC)CC1.I. The molecule has 0 aliphatic carbocycles. The highest BCUT2D eigenvalue weighted by atomic mass is 127. The van der Waals surface area contributed by atoms with Crippen molar-refractivity contribution in [3.05, 3.63) is 29.6 Å². The van der Waals surface area contributed by atoms with Gasteiger partial charge in [0.1, 0.15) is 5.82 Å². The molecule has 0 bridgehead atoms. The Morgan fingerprint density at radius 3 is 2.47 bits per heavy atom. The van der Waals surface area contributed by atoms with Gasteiger partial charge in [0.2, 0.25) is 0 Å². The number of halogens is 2. The molecule has 6 nitrogen and oxygen atoms in total. The summed E-state index contributed by atoms with van der Waals surface area (Å²) in [6.45, 7) is 10.4. The minimum Gasteiger partial charge on any atom is -0.393 e. The van der Waals surface area contributed by atoms with Gasteiger partial charge in [-0.15, -0.1) is 24.0 Å². The number of rotatable bonds is 8. The first-order chi connectivity index (χ1) is 15.1. The number of anilines is 1. The number of likely N-dealkylation sites (tertiary alicyclic amines) is 1. The van der Waals surface area contributed by atoms with E-state index in [0.29, 0.717) is 44.2 Å². The maximum Gasteiger partial charge on any atom is 0.191 e. The molecule has 2 fully saturated rings. The van der Waals surface area contributed by atoms with Crippen LogP contribution < -0.4 is 15.5 Å². The second-order valence-electron chi connectivity index (χ2n) is 8.81. The van der Waals surface area contributed by atoms with Gasteiger partial charge in [-0.25, -0.2) is 9.38 Å². The normalized spacial score (nSPS) is 19.0. The van der Waals surface area contributed by atoms with Crippen molar-refractivity contribution in [2.45, 2.75) is 71.1 Å². The zero-order valence-corrected chi connectivity index (χ0v) is 22.0. The van der Waals surface area contributed by atoms with E-state index < -0.39 is 0 Å². The van der Waals surface area contributed by atoms with Gasteiger partial charge in [0, 0.05) is 38.8 Å². The zero-order valence-electron chi connectivity index (χ0n) is 19.7. The van der Waals surface area contributed by atoms with Crippen molar-refractivity contribution >= 4 is 35.6 Å². The minimum absolute atomic E-state index is 0. The highest BCUT2D eigenvalue weighted by Crippen LogP contribution is 2.24. The summed E-state index contributed by atoms with van der Waals surface area (Å²) in [5.41, 5.74) is 1.49. The van der Waals surface area contributed by atoms with Crippen LogP contribution in [0.3, 0.4) is 0 Å². The number of guanidine groups is 1. The van der Waals surface area contributed by atoms with Crippen LogP contribution in [-0.2, 0) is 6.54 Å². The summed E-state index contributed by atoms with van der Waals surface area (Å²) in [4.78, 5) is 9.28. The van der Waals surface area contributed by atoms with E-state index in [1.54, 1.807) is 6.07 Å². The Bertz CT molecular complexity index is 704. The van der Waals surface area contributed by atoms with Crippen molar-refractivity contribution in [2.75, 3.05) is 44.2 Å². The molecule has 182 valence electrons. The standard InChI is InChI=1S/C24H40FN5O.HI/c1-3-5-12-29-13-8-20(9-14-29)28-24(26-4-2)27-18-19-6-7-23(22(25)17-19)30-15-10-21(31)11-16-30;/h6-7,17,20-21,31H,3-5,8-16,18H2,1-2H3,(H2,26,27,28);1H. The lowest BCUT2D eigenvalue weighted by molar-refractivity contribution is 0.145. The molecule has 32 heavy (non-hydrogen) atoms. The third-order valence-electron chi connectivity index (χ3n) is 6.34. The van der Waals surface area contributed by atoms with Crippen molar-refractivity contribution in [1.29, 1.82) is 0 Å². The van der Waals surface area contributed by atoms with Gasteiger partial charge in [-0.1, -0.05) is 19.4 Å². The smallest absolute Gasteiger partial charge is 0.191 e. The molecule has 8 heteroatoms. The maximum absolute atomic E-state index is 14.7. The number of aliphatic hydroxyl groups is 1. The summed E-state index contributed by atoms with van der Waals surface area (Å²) in [5.74, 6) is 0.602. The molecule has 2 aliphatic rings. The molecule has 3 N–H and O–H groups in total. The van der Waals surface area contributed by atoms with Crippen LogP contribution in [0.25, 0.3) is 0 Å². The lowest BCUT2D eigenvalue weighted by Gasteiger charge is -2.33. The zero-order chi connectivity index (χ0) is 22.1. The van der Waals surface area contributed by atoms with Crippen LogP contribution >= 0.6 is 24.0 Å². The summed E-state index contributed by atoms with van der Waals surface area (Å²) in [5, 5.41) is 16.6. The number of hydrogen-bond acceptors (Lipinski definition) is 4. The lowest BCUT2D eigenvalue weighted by atomic mass is 10.0. The number of piperidine rings is 2. The van der Waals surface area contributed by atoms with Gasteiger partial charge in [0.15, 0.2) is 5.96 Å². The molecular weight excluding hydrogens is 520 g/mol.